The molecule has 11 aromatic rings. The molecule has 0 atom stereocenters. The zero-order valence-electron chi connectivity index (χ0n) is 31.7. The molecule has 2 nitrogen and oxygen atoms in total. The molecule has 0 amide bonds. The van der Waals surface area contributed by atoms with Crippen LogP contribution in [0.1, 0.15) is 0 Å². The Labute approximate surface area is 337 Å². The maximum absolute atomic E-state index is 5.44. The van der Waals surface area contributed by atoms with Crippen LogP contribution in [0.4, 0.5) is 0 Å². The van der Waals surface area contributed by atoms with Gasteiger partial charge >= 0.3 is 0 Å². The van der Waals surface area contributed by atoms with E-state index in [4.69, 9.17) is 9.97 Å². The van der Waals surface area contributed by atoms with Crippen molar-refractivity contribution < 1.29 is 0 Å². The highest BCUT2D eigenvalue weighted by atomic mass is 14.9. The SMILES string of the molecule is c1ccc(-c2cc(-c3ccccc3)cc(-c3cccc(-c4cc(-c5nc(-c6ccccc6)c6ccccc6n5)c5c6ccccc6c6ccccc6c5c4)c3)c2)cc1. The number of para-hydroxylation sites is 1. The van der Waals surface area contributed by atoms with E-state index in [1.165, 1.54) is 54.7 Å². The third kappa shape index (κ3) is 5.91. The standard InChI is InChI=1S/C56H36N2/c1-4-17-37(18-5-1)42-32-43(38-19-6-2-7-20-38)34-44(33-42)40-23-16-24-41(31-40)45-35-51-48-27-11-10-25-46(48)47-26-12-13-28-49(47)54(51)52(36-45)56-57-53-30-15-14-29-50(53)55(58-56)39-21-8-3-9-22-39/h1-36H. The average Bonchev–Trinajstić information content (AvgIpc) is 3.31. The van der Waals surface area contributed by atoms with Crippen molar-refractivity contribution in [2.75, 3.05) is 0 Å². The van der Waals surface area contributed by atoms with Crippen LogP contribution in [-0.2, 0) is 0 Å². The van der Waals surface area contributed by atoms with Crippen molar-refractivity contribution in [1.82, 2.24) is 9.97 Å². The summed E-state index contributed by atoms with van der Waals surface area (Å²) in [7, 11) is 0. The van der Waals surface area contributed by atoms with E-state index < -0.39 is 0 Å². The molecule has 0 unspecified atom stereocenters. The largest absolute Gasteiger partial charge is 0.228 e. The minimum absolute atomic E-state index is 0.712. The lowest BCUT2D eigenvalue weighted by Gasteiger charge is -2.17. The van der Waals surface area contributed by atoms with Gasteiger partial charge in [-0.05, 0) is 114 Å². The number of aromatic nitrogens is 2. The lowest BCUT2D eigenvalue weighted by Crippen LogP contribution is -1.97. The van der Waals surface area contributed by atoms with E-state index >= 15 is 0 Å². The molecule has 0 bridgehead atoms. The number of hydrogen-bond acceptors (Lipinski definition) is 2. The minimum Gasteiger partial charge on any atom is -0.228 e. The van der Waals surface area contributed by atoms with E-state index in [9.17, 15) is 0 Å². The van der Waals surface area contributed by atoms with Crippen LogP contribution in [0.2, 0.25) is 0 Å². The zero-order chi connectivity index (χ0) is 38.4. The molecule has 1 heterocycles. The maximum Gasteiger partial charge on any atom is 0.161 e. The lowest BCUT2D eigenvalue weighted by atomic mass is 9.88. The van der Waals surface area contributed by atoms with Crippen LogP contribution < -0.4 is 0 Å². The van der Waals surface area contributed by atoms with Gasteiger partial charge < -0.3 is 0 Å². The fraction of sp³-hybridized carbons (Fsp3) is 0. The minimum atomic E-state index is 0.712. The molecule has 1 aromatic heterocycles. The van der Waals surface area contributed by atoms with Crippen molar-refractivity contribution in [2.45, 2.75) is 0 Å². The second-order valence-electron chi connectivity index (χ2n) is 14.9. The Bertz CT molecular complexity index is 3260. The molecule has 0 aliphatic carbocycles. The van der Waals surface area contributed by atoms with Crippen LogP contribution in [0.15, 0.2) is 218 Å². The molecule has 11 rings (SSSR count). The summed E-state index contributed by atoms with van der Waals surface area (Å²) in [5, 5.41) is 8.23. The monoisotopic (exact) mass is 736 g/mol. The summed E-state index contributed by atoms with van der Waals surface area (Å²) < 4.78 is 0. The van der Waals surface area contributed by atoms with Gasteiger partial charge in [0.1, 0.15) is 0 Å². The summed E-state index contributed by atoms with van der Waals surface area (Å²) in [5.74, 6) is 0.712. The lowest BCUT2D eigenvalue weighted by molar-refractivity contribution is 1.23. The first-order chi connectivity index (χ1) is 28.7. The molecule has 2 heteroatoms. The van der Waals surface area contributed by atoms with Crippen LogP contribution in [0.25, 0.3) is 110 Å². The highest BCUT2D eigenvalue weighted by Crippen LogP contribution is 2.44. The predicted molar refractivity (Wildman–Crippen MR) is 245 cm³/mol. The molecule has 0 N–H and O–H groups in total. The second-order valence-corrected chi connectivity index (χ2v) is 14.9. The molecular weight excluding hydrogens is 701 g/mol. The Morgan fingerprint density at radius 2 is 0.655 bits per heavy atom. The summed E-state index contributed by atoms with van der Waals surface area (Å²) >= 11 is 0. The molecule has 270 valence electrons. The van der Waals surface area contributed by atoms with E-state index in [1.54, 1.807) is 0 Å². The Hall–Kier alpha value is -7.68. The molecule has 0 saturated heterocycles. The Kier molecular flexibility index (Phi) is 8.19. The number of benzene rings is 10. The van der Waals surface area contributed by atoms with Gasteiger partial charge in [0, 0.05) is 21.9 Å². The van der Waals surface area contributed by atoms with Crippen molar-refractivity contribution in [1.29, 1.82) is 0 Å². The van der Waals surface area contributed by atoms with Gasteiger partial charge in [-0.2, -0.15) is 0 Å². The third-order valence-corrected chi connectivity index (χ3v) is 11.4. The van der Waals surface area contributed by atoms with Crippen molar-refractivity contribution >= 4 is 43.2 Å². The first-order valence-electron chi connectivity index (χ1n) is 19.8. The fourth-order valence-electron chi connectivity index (χ4n) is 8.66. The zero-order valence-corrected chi connectivity index (χ0v) is 31.7. The summed E-state index contributed by atoms with van der Waals surface area (Å²) in [5.41, 5.74) is 13.3. The van der Waals surface area contributed by atoms with Crippen LogP contribution in [0, 0.1) is 0 Å². The van der Waals surface area contributed by atoms with E-state index in [0.29, 0.717) is 5.82 Å². The molecule has 0 fully saturated rings. The van der Waals surface area contributed by atoms with Crippen LogP contribution in [-0.4, -0.2) is 9.97 Å². The van der Waals surface area contributed by atoms with Gasteiger partial charge in [0.05, 0.1) is 11.2 Å². The second kappa shape index (κ2) is 14.1. The van der Waals surface area contributed by atoms with Crippen molar-refractivity contribution in [3.05, 3.63) is 218 Å². The van der Waals surface area contributed by atoms with Crippen molar-refractivity contribution in [2.24, 2.45) is 0 Å². The first kappa shape index (κ1) is 33.6. The molecule has 0 radical (unpaired) electrons. The summed E-state index contributed by atoms with van der Waals surface area (Å²) in [6, 6.07) is 78.3. The summed E-state index contributed by atoms with van der Waals surface area (Å²) in [4.78, 5) is 10.8. The van der Waals surface area contributed by atoms with E-state index in [-0.39, 0.29) is 0 Å². The average molecular weight is 737 g/mol. The van der Waals surface area contributed by atoms with Gasteiger partial charge in [-0.1, -0.05) is 176 Å². The highest BCUT2D eigenvalue weighted by Gasteiger charge is 2.19. The van der Waals surface area contributed by atoms with Crippen LogP contribution in [0.5, 0.6) is 0 Å². The first-order valence-corrected chi connectivity index (χ1v) is 19.8. The van der Waals surface area contributed by atoms with Gasteiger partial charge in [0.25, 0.3) is 0 Å². The Balaban J connectivity index is 1.18. The van der Waals surface area contributed by atoms with Crippen molar-refractivity contribution in [3.63, 3.8) is 0 Å². The van der Waals surface area contributed by atoms with Gasteiger partial charge in [0.2, 0.25) is 0 Å². The van der Waals surface area contributed by atoms with E-state index in [1.807, 2.05) is 0 Å². The van der Waals surface area contributed by atoms with E-state index in [2.05, 4.69) is 218 Å². The molecule has 10 aromatic carbocycles. The fourth-order valence-corrected chi connectivity index (χ4v) is 8.66. The normalized spacial score (nSPS) is 11.4. The van der Waals surface area contributed by atoms with Crippen molar-refractivity contribution in [3.8, 4) is 67.2 Å². The molecule has 0 saturated carbocycles. The molecule has 0 spiro atoms. The number of fused-ring (bicyclic) bond motifs is 7. The van der Waals surface area contributed by atoms with Gasteiger partial charge in [-0.15, -0.1) is 0 Å². The van der Waals surface area contributed by atoms with Gasteiger partial charge in [0.15, 0.2) is 5.82 Å². The van der Waals surface area contributed by atoms with Gasteiger partial charge in [-0.25, -0.2) is 9.97 Å². The number of nitrogens with zero attached hydrogens (tertiary/aromatic N) is 2. The summed E-state index contributed by atoms with van der Waals surface area (Å²) in [6.07, 6.45) is 0. The quantitative estimate of drug-likeness (QED) is 0.159. The highest BCUT2D eigenvalue weighted by molar-refractivity contribution is 6.29. The van der Waals surface area contributed by atoms with Gasteiger partial charge in [-0.3, -0.25) is 0 Å². The molecule has 0 aliphatic rings. The van der Waals surface area contributed by atoms with Crippen LogP contribution >= 0.6 is 0 Å². The Morgan fingerprint density at radius 1 is 0.241 bits per heavy atom. The predicted octanol–water partition coefficient (Wildman–Crippen LogP) is 15.1. The summed E-state index contributed by atoms with van der Waals surface area (Å²) in [6.45, 7) is 0. The molecule has 58 heavy (non-hydrogen) atoms. The third-order valence-electron chi connectivity index (χ3n) is 11.4. The Morgan fingerprint density at radius 3 is 1.26 bits per heavy atom. The number of hydrogen-bond donors (Lipinski definition) is 0. The molecule has 0 aliphatic heterocycles. The van der Waals surface area contributed by atoms with E-state index in [0.717, 1.165) is 49.8 Å². The number of rotatable bonds is 6. The molecular formula is C56H36N2. The maximum atomic E-state index is 5.44. The smallest absolute Gasteiger partial charge is 0.161 e. The topological polar surface area (TPSA) is 25.8 Å². The van der Waals surface area contributed by atoms with Crippen LogP contribution in [0.3, 0.4) is 0 Å².